The Balaban J connectivity index is 3.23. The summed E-state index contributed by atoms with van der Waals surface area (Å²) in [5.74, 6) is -1.38. The third-order valence-electron chi connectivity index (χ3n) is 2.37. The zero-order chi connectivity index (χ0) is 14.7. The number of halogens is 2. The van der Waals surface area contributed by atoms with Gasteiger partial charge in [0.2, 0.25) is 0 Å². The number of benzene rings is 1. The number of phenols is 1. The maximum absolute atomic E-state index is 11.2. The second-order valence-corrected chi connectivity index (χ2v) is 4.40. The van der Waals surface area contributed by atoms with E-state index in [0.29, 0.717) is 0 Å². The number of carbonyl (C=O) groups is 1. The summed E-state index contributed by atoms with van der Waals surface area (Å²) in [7, 11) is 1.15. The molecule has 1 aromatic carbocycles. The molecule has 1 atom stereocenters. The number of nitrogens with zero attached hydrogens (tertiary/aromatic N) is 1. The van der Waals surface area contributed by atoms with Gasteiger partial charge >= 0.3 is 11.7 Å². The van der Waals surface area contributed by atoms with Crippen LogP contribution < -0.4 is 5.73 Å². The summed E-state index contributed by atoms with van der Waals surface area (Å²) in [6, 6.07) is 0.141. The van der Waals surface area contributed by atoms with E-state index in [2.05, 4.69) is 4.74 Å². The van der Waals surface area contributed by atoms with Crippen LogP contribution in [0.4, 0.5) is 5.69 Å². The highest BCUT2D eigenvalue weighted by Crippen LogP contribution is 2.41. The zero-order valence-electron chi connectivity index (χ0n) is 9.72. The van der Waals surface area contributed by atoms with Crippen molar-refractivity contribution in [1.82, 2.24) is 0 Å². The molecule has 1 unspecified atom stereocenters. The number of carbonyl (C=O) groups excluding carboxylic acids is 1. The molecule has 0 heterocycles. The average Bonchev–Trinajstić information content (AvgIpc) is 2.34. The standard InChI is InChI=1S/C10H10Cl2N2O5/c1-19-10(16)6(13)3-4-2-5(11)7(12)8(9(4)15)14(17)18/h2,6,15H,3,13H2,1H3. The van der Waals surface area contributed by atoms with Crippen LogP contribution in [0.5, 0.6) is 5.75 Å². The van der Waals surface area contributed by atoms with Gasteiger partial charge in [0.15, 0.2) is 5.75 Å². The molecular weight excluding hydrogens is 299 g/mol. The number of hydrogen-bond donors (Lipinski definition) is 2. The second kappa shape index (κ2) is 6.05. The molecule has 3 N–H and O–H groups in total. The lowest BCUT2D eigenvalue weighted by Gasteiger charge is -2.11. The Kier molecular flexibility index (Phi) is 4.93. The van der Waals surface area contributed by atoms with Gasteiger partial charge in [-0.05, 0) is 6.07 Å². The van der Waals surface area contributed by atoms with Crippen molar-refractivity contribution >= 4 is 34.9 Å². The van der Waals surface area contributed by atoms with E-state index >= 15 is 0 Å². The first-order chi connectivity index (χ1) is 8.79. The summed E-state index contributed by atoms with van der Waals surface area (Å²) in [6.07, 6.45) is -0.170. The number of methoxy groups -OCH3 is 1. The van der Waals surface area contributed by atoms with E-state index in [1.165, 1.54) is 6.07 Å². The summed E-state index contributed by atoms with van der Waals surface area (Å²) in [6.45, 7) is 0. The number of rotatable bonds is 4. The number of hydrogen-bond acceptors (Lipinski definition) is 6. The van der Waals surface area contributed by atoms with Crippen molar-refractivity contribution in [3.05, 3.63) is 31.8 Å². The minimum atomic E-state index is -1.08. The van der Waals surface area contributed by atoms with Gasteiger partial charge in [0.25, 0.3) is 0 Å². The largest absolute Gasteiger partial charge is 0.502 e. The predicted molar refractivity (Wildman–Crippen MR) is 68.5 cm³/mol. The number of aromatic hydroxyl groups is 1. The van der Waals surface area contributed by atoms with Crippen LogP contribution >= 0.6 is 23.2 Å². The number of esters is 1. The van der Waals surface area contributed by atoms with Crippen LogP contribution in [0, 0.1) is 10.1 Å². The van der Waals surface area contributed by atoms with Gasteiger partial charge in [-0.2, -0.15) is 0 Å². The average molecular weight is 309 g/mol. The second-order valence-electron chi connectivity index (χ2n) is 3.62. The first-order valence-electron chi connectivity index (χ1n) is 4.97. The highest BCUT2D eigenvalue weighted by atomic mass is 35.5. The smallest absolute Gasteiger partial charge is 0.330 e. The molecule has 7 nitrogen and oxygen atoms in total. The van der Waals surface area contributed by atoms with Crippen LogP contribution in [0.25, 0.3) is 0 Å². The van der Waals surface area contributed by atoms with Crippen molar-refractivity contribution in [2.24, 2.45) is 5.73 Å². The number of nitrogens with two attached hydrogens (primary N) is 1. The molecule has 0 saturated heterocycles. The van der Waals surface area contributed by atoms with Gasteiger partial charge < -0.3 is 15.6 Å². The van der Waals surface area contributed by atoms with Gasteiger partial charge in [0, 0.05) is 12.0 Å². The molecule has 9 heteroatoms. The van der Waals surface area contributed by atoms with Gasteiger partial charge in [-0.3, -0.25) is 14.9 Å². The summed E-state index contributed by atoms with van der Waals surface area (Å²) >= 11 is 11.4. The highest BCUT2D eigenvalue weighted by Gasteiger charge is 2.27. The fourth-order valence-corrected chi connectivity index (χ4v) is 1.88. The van der Waals surface area contributed by atoms with Crippen LogP contribution in [-0.2, 0) is 16.0 Å². The van der Waals surface area contributed by atoms with E-state index in [1.807, 2.05) is 0 Å². The Hall–Kier alpha value is -1.57. The number of phenolic OH excluding ortho intramolecular Hbond substituents is 1. The SMILES string of the molecule is COC(=O)C(N)Cc1cc(Cl)c(Cl)c([N+](=O)[O-])c1O. The van der Waals surface area contributed by atoms with Crippen molar-refractivity contribution in [3.63, 3.8) is 0 Å². The maximum atomic E-state index is 11.2. The molecule has 0 fully saturated rings. The number of nitro groups is 1. The van der Waals surface area contributed by atoms with Crippen LogP contribution in [-0.4, -0.2) is 29.2 Å². The normalized spacial score (nSPS) is 12.0. The van der Waals surface area contributed by atoms with E-state index < -0.39 is 28.4 Å². The number of nitro benzene ring substituents is 1. The molecular formula is C10H10Cl2N2O5. The summed E-state index contributed by atoms with van der Waals surface area (Å²) in [5, 5.41) is 20.1. The third kappa shape index (κ3) is 3.25. The third-order valence-corrected chi connectivity index (χ3v) is 3.15. The topological polar surface area (TPSA) is 116 Å². The fraction of sp³-hybridized carbons (Fsp3) is 0.300. The van der Waals surface area contributed by atoms with Crippen molar-refractivity contribution in [2.45, 2.75) is 12.5 Å². The highest BCUT2D eigenvalue weighted by molar-refractivity contribution is 6.43. The van der Waals surface area contributed by atoms with Crippen LogP contribution in [0.15, 0.2) is 6.07 Å². The number of ether oxygens (including phenoxy) is 1. The molecule has 0 saturated carbocycles. The quantitative estimate of drug-likeness (QED) is 0.496. The van der Waals surface area contributed by atoms with Gasteiger partial charge in [-0.15, -0.1) is 0 Å². The molecule has 0 aliphatic rings. The molecule has 0 spiro atoms. The minimum absolute atomic E-state index is 0.0407. The first-order valence-corrected chi connectivity index (χ1v) is 5.72. The Morgan fingerprint density at radius 2 is 2.21 bits per heavy atom. The van der Waals surface area contributed by atoms with E-state index in [4.69, 9.17) is 28.9 Å². The molecule has 1 rings (SSSR count). The minimum Gasteiger partial charge on any atom is -0.502 e. The van der Waals surface area contributed by atoms with Crippen molar-refractivity contribution in [1.29, 1.82) is 0 Å². The molecule has 0 aromatic heterocycles. The Bertz CT molecular complexity index is 535. The molecule has 0 bridgehead atoms. The molecule has 104 valence electrons. The fourth-order valence-electron chi connectivity index (χ4n) is 1.45. The molecule has 0 aliphatic heterocycles. The summed E-state index contributed by atoms with van der Waals surface area (Å²) < 4.78 is 4.42. The van der Waals surface area contributed by atoms with Gasteiger partial charge in [-0.25, -0.2) is 0 Å². The lowest BCUT2D eigenvalue weighted by molar-refractivity contribution is -0.385. The molecule has 19 heavy (non-hydrogen) atoms. The van der Waals surface area contributed by atoms with Crippen LogP contribution in [0.3, 0.4) is 0 Å². The monoisotopic (exact) mass is 308 g/mol. The molecule has 0 aliphatic carbocycles. The lowest BCUT2D eigenvalue weighted by Crippen LogP contribution is -2.33. The zero-order valence-corrected chi connectivity index (χ0v) is 11.2. The molecule has 1 aromatic rings. The maximum Gasteiger partial charge on any atom is 0.330 e. The van der Waals surface area contributed by atoms with Crippen LogP contribution in [0.2, 0.25) is 10.0 Å². The Morgan fingerprint density at radius 1 is 1.63 bits per heavy atom. The van der Waals surface area contributed by atoms with E-state index in [9.17, 15) is 20.0 Å². The molecule has 0 amide bonds. The van der Waals surface area contributed by atoms with E-state index in [1.54, 1.807) is 0 Å². The van der Waals surface area contributed by atoms with Crippen molar-refractivity contribution in [2.75, 3.05) is 7.11 Å². The van der Waals surface area contributed by atoms with Gasteiger partial charge in [0.1, 0.15) is 11.1 Å². The Morgan fingerprint density at radius 3 is 2.68 bits per heavy atom. The Labute approximate surface area is 118 Å². The van der Waals surface area contributed by atoms with Crippen molar-refractivity contribution < 1.29 is 19.6 Å². The van der Waals surface area contributed by atoms with Crippen LogP contribution in [0.1, 0.15) is 5.56 Å². The first kappa shape index (κ1) is 15.5. The van der Waals surface area contributed by atoms with Gasteiger partial charge in [0.05, 0.1) is 17.1 Å². The van der Waals surface area contributed by atoms with Gasteiger partial charge in [-0.1, -0.05) is 23.2 Å². The van der Waals surface area contributed by atoms with E-state index in [-0.39, 0.29) is 22.0 Å². The predicted octanol–water partition coefficient (Wildman–Crippen LogP) is 1.65. The summed E-state index contributed by atoms with van der Waals surface area (Å²) in [4.78, 5) is 21.1. The van der Waals surface area contributed by atoms with Crippen molar-refractivity contribution in [3.8, 4) is 5.75 Å². The van der Waals surface area contributed by atoms with E-state index in [0.717, 1.165) is 7.11 Å². The molecule has 0 radical (unpaired) electrons. The lowest BCUT2D eigenvalue weighted by atomic mass is 10.0. The summed E-state index contributed by atoms with van der Waals surface area (Å²) in [5.41, 5.74) is 4.83.